The van der Waals surface area contributed by atoms with Crippen molar-refractivity contribution in [1.82, 2.24) is 9.78 Å². The van der Waals surface area contributed by atoms with Crippen molar-refractivity contribution in [2.45, 2.75) is 18.9 Å². The fourth-order valence-electron chi connectivity index (χ4n) is 3.17. The van der Waals surface area contributed by atoms with Gasteiger partial charge in [0.05, 0.1) is 30.2 Å². The van der Waals surface area contributed by atoms with Crippen LogP contribution in [0.15, 0.2) is 59.5 Å². The molecule has 2 aromatic carbocycles. The maximum absolute atomic E-state index is 13.7. The number of para-hydroxylation sites is 1. The summed E-state index contributed by atoms with van der Waals surface area (Å²) in [6.07, 6.45) is 3.02. The summed E-state index contributed by atoms with van der Waals surface area (Å²) in [5.74, 6) is 0.294. The van der Waals surface area contributed by atoms with E-state index in [9.17, 15) is 9.18 Å². The average molecular weight is 386 g/mol. The highest BCUT2D eigenvalue weighted by Gasteiger charge is 2.22. The van der Waals surface area contributed by atoms with Crippen LogP contribution in [0.5, 0.6) is 5.75 Å². The van der Waals surface area contributed by atoms with Crippen molar-refractivity contribution >= 4 is 17.3 Å². The second kappa shape index (κ2) is 7.40. The SMILES string of the molecule is O=c1c(Cl)c(N[C@H]2CCCOc3ccc(F)cc32)cnn1-c1ccccc1. The minimum atomic E-state index is -0.419. The van der Waals surface area contributed by atoms with Gasteiger partial charge in [-0.2, -0.15) is 9.78 Å². The predicted molar refractivity (Wildman–Crippen MR) is 102 cm³/mol. The zero-order chi connectivity index (χ0) is 18.8. The van der Waals surface area contributed by atoms with Gasteiger partial charge in [0.2, 0.25) is 0 Å². The Morgan fingerprint density at radius 1 is 1.22 bits per heavy atom. The van der Waals surface area contributed by atoms with Crippen LogP contribution >= 0.6 is 11.6 Å². The van der Waals surface area contributed by atoms with Gasteiger partial charge in [-0.25, -0.2) is 4.39 Å². The van der Waals surface area contributed by atoms with E-state index in [1.165, 1.54) is 23.0 Å². The van der Waals surface area contributed by atoms with E-state index < -0.39 is 5.56 Å². The van der Waals surface area contributed by atoms with Crippen molar-refractivity contribution in [2.24, 2.45) is 0 Å². The third-order valence-electron chi connectivity index (χ3n) is 4.49. The Morgan fingerprint density at radius 2 is 2.04 bits per heavy atom. The molecule has 0 amide bonds. The second-order valence-corrected chi connectivity index (χ2v) is 6.67. The molecule has 0 saturated heterocycles. The van der Waals surface area contributed by atoms with Crippen molar-refractivity contribution in [3.63, 3.8) is 0 Å². The number of hydrogen-bond acceptors (Lipinski definition) is 4. The highest BCUT2D eigenvalue weighted by atomic mass is 35.5. The Kier molecular flexibility index (Phi) is 4.81. The third kappa shape index (κ3) is 3.53. The van der Waals surface area contributed by atoms with Gasteiger partial charge in [0.15, 0.2) is 0 Å². The summed E-state index contributed by atoms with van der Waals surface area (Å²) >= 11 is 6.33. The normalized spacial score (nSPS) is 16.1. The number of aromatic nitrogens is 2. The van der Waals surface area contributed by atoms with Gasteiger partial charge in [0, 0.05) is 5.56 Å². The monoisotopic (exact) mass is 385 g/mol. The zero-order valence-corrected chi connectivity index (χ0v) is 15.1. The van der Waals surface area contributed by atoms with Crippen molar-refractivity contribution in [3.05, 3.63) is 81.5 Å². The summed E-state index contributed by atoms with van der Waals surface area (Å²) in [5, 5.41) is 7.50. The first-order valence-electron chi connectivity index (χ1n) is 8.65. The molecule has 1 aliphatic heterocycles. The Bertz CT molecular complexity index is 1020. The number of fused-ring (bicyclic) bond motifs is 1. The van der Waals surface area contributed by atoms with Crippen LogP contribution in [0.25, 0.3) is 5.69 Å². The fraction of sp³-hybridized carbons (Fsp3) is 0.200. The number of rotatable bonds is 3. The van der Waals surface area contributed by atoms with Crippen LogP contribution in [0, 0.1) is 5.82 Å². The molecule has 0 radical (unpaired) electrons. The van der Waals surface area contributed by atoms with E-state index in [4.69, 9.17) is 16.3 Å². The lowest BCUT2D eigenvalue weighted by Crippen LogP contribution is -2.23. The van der Waals surface area contributed by atoms with Crippen molar-refractivity contribution in [1.29, 1.82) is 0 Å². The minimum Gasteiger partial charge on any atom is -0.493 e. The van der Waals surface area contributed by atoms with E-state index >= 15 is 0 Å². The van der Waals surface area contributed by atoms with E-state index in [1.54, 1.807) is 18.2 Å². The highest BCUT2D eigenvalue weighted by molar-refractivity contribution is 6.33. The van der Waals surface area contributed by atoms with Crippen molar-refractivity contribution in [3.8, 4) is 11.4 Å². The van der Waals surface area contributed by atoms with Gasteiger partial charge in [0.25, 0.3) is 5.56 Å². The molecule has 0 fully saturated rings. The molecule has 27 heavy (non-hydrogen) atoms. The highest BCUT2D eigenvalue weighted by Crippen LogP contribution is 2.35. The van der Waals surface area contributed by atoms with Gasteiger partial charge in [-0.1, -0.05) is 29.8 Å². The fourth-order valence-corrected chi connectivity index (χ4v) is 3.36. The van der Waals surface area contributed by atoms with E-state index in [0.717, 1.165) is 6.42 Å². The molecular weight excluding hydrogens is 369 g/mol. The summed E-state index contributed by atoms with van der Waals surface area (Å²) in [6.45, 7) is 0.554. The smallest absolute Gasteiger partial charge is 0.292 e. The Labute approximate surface area is 160 Å². The summed E-state index contributed by atoms with van der Waals surface area (Å²) in [7, 11) is 0. The topological polar surface area (TPSA) is 56.1 Å². The van der Waals surface area contributed by atoms with Crippen LogP contribution in [-0.4, -0.2) is 16.4 Å². The first-order valence-corrected chi connectivity index (χ1v) is 9.03. The Morgan fingerprint density at radius 3 is 2.85 bits per heavy atom. The third-order valence-corrected chi connectivity index (χ3v) is 4.86. The first-order chi connectivity index (χ1) is 13.1. The average Bonchev–Trinajstić information content (AvgIpc) is 2.88. The molecule has 4 rings (SSSR count). The quantitative estimate of drug-likeness (QED) is 0.728. The Hall–Kier alpha value is -2.86. The van der Waals surface area contributed by atoms with Crippen molar-refractivity contribution < 1.29 is 9.13 Å². The molecule has 0 spiro atoms. The molecule has 0 aliphatic carbocycles. The van der Waals surface area contributed by atoms with Crippen LogP contribution < -0.4 is 15.6 Å². The predicted octanol–water partition coefficient (Wildman–Crippen LogP) is 4.35. The summed E-state index contributed by atoms with van der Waals surface area (Å²) < 4.78 is 20.7. The number of benzene rings is 2. The number of hydrogen-bond donors (Lipinski definition) is 1. The summed E-state index contributed by atoms with van der Waals surface area (Å²) in [5.41, 5.74) is 1.33. The zero-order valence-electron chi connectivity index (χ0n) is 14.4. The molecule has 0 saturated carbocycles. The lowest BCUT2D eigenvalue weighted by atomic mass is 10.0. The molecular formula is C20H17ClFN3O2. The molecule has 1 atom stereocenters. The maximum Gasteiger partial charge on any atom is 0.292 e. The molecule has 1 N–H and O–H groups in total. The van der Waals surface area contributed by atoms with E-state index in [0.29, 0.717) is 35.7 Å². The van der Waals surface area contributed by atoms with Crippen LogP contribution in [0.2, 0.25) is 5.02 Å². The lowest BCUT2D eigenvalue weighted by Gasteiger charge is -2.20. The number of nitrogens with zero attached hydrogens (tertiary/aromatic N) is 2. The molecule has 2 heterocycles. The lowest BCUT2D eigenvalue weighted by molar-refractivity contribution is 0.316. The number of halogens is 2. The van der Waals surface area contributed by atoms with Crippen molar-refractivity contribution in [2.75, 3.05) is 11.9 Å². The number of anilines is 1. The van der Waals surface area contributed by atoms with E-state index in [-0.39, 0.29) is 16.9 Å². The Balaban J connectivity index is 1.69. The van der Waals surface area contributed by atoms with Gasteiger partial charge in [-0.3, -0.25) is 4.79 Å². The number of nitrogens with one attached hydrogen (secondary N) is 1. The van der Waals surface area contributed by atoms with Crippen LogP contribution in [-0.2, 0) is 0 Å². The maximum atomic E-state index is 13.7. The summed E-state index contributed by atoms with van der Waals surface area (Å²) in [4.78, 5) is 12.6. The molecule has 0 bridgehead atoms. The summed E-state index contributed by atoms with van der Waals surface area (Å²) in [6, 6.07) is 13.3. The molecule has 138 valence electrons. The number of ether oxygens (including phenoxy) is 1. The van der Waals surface area contributed by atoms with Crippen LogP contribution in [0.3, 0.4) is 0 Å². The molecule has 3 aromatic rings. The van der Waals surface area contributed by atoms with E-state index in [1.807, 2.05) is 18.2 Å². The van der Waals surface area contributed by atoms with Gasteiger partial charge >= 0.3 is 0 Å². The van der Waals surface area contributed by atoms with Gasteiger partial charge in [-0.15, -0.1) is 0 Å². The second-order valence-electron chi connectivity index (χ2n) is 6.29. The molecule has 7 heteroatoms. The standard InChI is InChI=1S/C20H17ClFN3O2/c21-19-17(12-23-25(20(19)26)14-5-2-1-3-6-14)24-16-7-4-10-27-18-9-8-13(22)11-15(16)18/h1-3,5-6,8-9,11-12,16,24H,4,7,10H2/t16-/m0/s1. The van der Waals surface area contributed by atoms with E-state index in [2.05, 4.69) is 10.4 Å². The largest absolute Gasteiger partial charge is 0.493 e. The van der Waals surface area contributed by atoms with Gasteiger partial charge in [-0.05, 0) is 43.2 Å². The molecule has 0 unspecified atom stereocenters. The van der Waals surface area contributed by atoms with Crippen LogP contribution in [0.4, 0.5) is 10.1 Å². The molecule has 1 aliphatic rings. The van der Waals surface area contributed by atoms with Gasteiger partial charge < -0.3 is 10.1 Å². The van der Waals surface area contributed by atoms with Gasteiger partial charge in [0.1, 0.15) is 16.6 Å². The van der Waals surface area contributed by atoms with Crippen LogP contribution in [0.1, 0.15) is 24.4 Å². The molecule has 1 aromatic heterocycles. The molecule has 5 nitrogen and oxygen atoms in total. The minimum absolute atomic E-state index is 0.0389. The first kappa shape index (κ1) is 17.5.